The van der Waals surface area contributed by atoms with Crippen molar-refractivity contribution in [2.24, 2.45) is 0 Å². The number of fused-ring (bicyclic) bond motifs is 2. The van der Waals surface area contributed by atoms with Crippen LogP contribution in [0.15, 0.2) is 103 Å². The first kappa shape index (κ1) is 23.2. The summed E-state index contributed by atoms with van der Waals surface area (Å²) in [6.45, 7) is 4.32. The van der Waals surface area contributed by atoms with Gasteiger partial charge in [-0.2, -0.15) is 0 Å². The Labute approximate surface area is 221 Å². The van der Waals surface area contributed by atoms with Crippen molar-refractivity contribution in [3.8, 4) is 28.2 Å². The molecule has 0 amide bonds. The molecule has 0 radical (unpaired) electrons. The fourth-order valence-corrected chi connectivity index (χ4v) is 5.31. The number of aromatic nitrogens is 1. The Hall–Kier alpha value is -4.21. The summed E-state index contributed by atoms with van der Waals surface area (Å²) in [4.78, 5) is 28.2. The number of carbonyl (C=O) groups is 2. The Morgan fingerprint density at radius 1 is 0.595 bits per heavy atom. The lowest BCUT2D eigenvalue weighted by atomic mass is 9.83. The molecule has 1 aliphatic rings. The van der Waals surface area contributed by atoms with Crippen molar-refractivity contribution in [1.82, 2.24) is 4.57 Å². The molecule has 1 heterocycles. The summed E-state index contributed by atoms with van der Waals surface area (Å²) < 4.78 is 2.06. The summed E-state index contributed by atoms with van der Waals surface area (Å²) in [6.07, 6.45) is 0. The molecular weight excluding hydrogens is 478 g/mol. The molecule has 0 atom stereocenters. The predicted molar refractivity (Wildman–Crippen MR) is 149 cm³/mol. The number of halogens is 1. The summed E-state index contributed by atoms with van der Waals surface area (Å²) in [5.74, 6) is 0.0931. The number of rotatable bonds is 4. The number of hydrogen-bond acceptors (Lipinski definition) is 2. The van der Waals surface area contributed by atoms with Crippen molar-refractivity contribution in [2.45, 2.75) is 19.8 Å². The van der Waals surface area contributed by atoms with E-state index in [-0.39, 0.29) is 11.6 Å². The maximum absolute atomic E-state index is 14.1. The largest absolute Gasteiger partial charge is 0.308 e. The van der Waals surface area contributed by atoms with Gasteiger partial charge in [-0.25, -0.2) is 0 Å². The number of nitrogens with zero attached hydrogens (tertiary/aromatic N) is 1. The van der Waals surface area contributed by atoms with Gasteiger partial charge in [0.2, 0.25) is 0 Å². The quantitative estimate of drug-likeness (QED) is 0.243. The van der Waals surface area contributed by atoms with Crippen LogP contribution in [-0.2, 0) is 0 Å². The average Bonchev–Trinajstić information content (AvgIpc) is 3.29. The molecule has 180 valence electrons. The van der Waals surface area contributed by atoms with Gasteiger partial charge in [-0.15, -0.1) is 0 Å². The molecule has 0 saturated heterocycles. The summed E-state index contributed by atoms with van der Waals surface area (Å²) in [5.41, 5.74) is 6.92. The fraction of sp³-hybridized carbons (Fsp3) is 0.0909. The first-order valence-electron chi connectivity index (χ1n) is 12.3. The lowest BCUT2D eigenvalue weighted by molar-refractivity contribution is 0.0981. The van der Waals surface area contributed by atoms with E-state index in [0.29, 0.717) is 44.6 Å². The summed E-state index contributed by atoms with van der Waals surface area (Å²) in [5, 5.41) is 0.605. The normalized spacial score (nSPS) is 12.5. The molecule has 4 aromatic carbocycles. The topological polar surface area (TPSA) is 39.1 Å². The van der Waals surface area contributed by atoms with Crippen LogP contribution in [0.1, 0.15) is 57.2 Å². The van der Waals surface area contributed by atoms with Crippen LogP contribution in [-0.4, -0.2) is 16.1 Å². The van der Waals surface area contributed by atoms with Crippen LogP contribution in [0.4, 0.5) is 0 Å². The second-order valence-corrected chi connectivity index (χ2v) is 10.0. The van der Waals surface area contributed by atoms with Crippen LogP contribution < -0.4 is 0 Å². The Morgan fingerprint density at radius 2 is 1.08 bits per heavy atom. The molecule has 1 aromatic heterocycles. The Balaban J connectivity index is 1.77. The van der Waals surface area contributed by atoms with E-state index < -0.39 is 0 Å². The van der Waals surface area contributed by atoms with Gasteiger partial charge in [0, 0.05) is 21.8 Å². The molecule has 0 bridgehead atoms. The summed E-state index contributed by atoms with van der Waals surface area (Å²) in [6, 6.07) is 32.7. The first-order valence-corrected chi connectivity index (χ1v) is 12.7. The Kier molecular flexibility index (Phi) is 5.66. The second kappa shape index (κ2) is 9.02. The molecule has 0 fully saturated rings. The molecule has 37 heavy (non-hydrogen) atoms. The van der Waals surface area contributed by atoms with Crippen molar-refractivity contribution >= 4 is 23.2 Å². The lowest BCUT2D eigenvalue weighted by Crippen LogP contribution is -2.20. The van der Waals surface area contributed by atoms with Crippen LogP contribution in [0.2, 0.25) is 5.02 Å². The molecule has 3 nitrogen and oxygen atoms in total. The second-order valence-electron chi connectivity index (χ2n) is 9.61. The van der Waals surface area contributed by atoms with Crippen LogP contribution in [0, 0.1) is 0 Å². The van der Waals surface area contributed by atoms with Gasteiger partial charge < -0.3 is 4.57 Å². The highest BCUT2D eigenvalue weighted by Gasteiger charge is 2.39. The van der Waals surface area contributed by atoms with Crippen molar-refractivity contribution in [3.63, 3.8) is 0 Å². The van der Waals surface area contributed by atoms with E-state index in [1.54, 1.807) is 24.3 Å². The zero-order valence-electron chi connectivity index (χ0n) is 20.5. The molecule has 1 aliphatic carbocycles. The van der Waals surface area contributed by atoms with Crippen LogP contribution in [0.3, 0.4) is 0 Å². The number of hydrogen-bond donors (Lipinski definition) is 0. The molecule has 4 heteroatoms. The van der Waals surface area contributed by atoms with Crippen LogP contribution in [0.5, 0.6) is 0 Å². The molecule has 5 aromatic rings. The smallest absolute Gasteiger partial charge is 0.196 e. The van der Waals surface area contributed by atoms with Gasteiger partial charge in [-0.3, -0.25) is 9.59 Å². The van der Waals surface area contributed by atoms with E-state index in [1.807, 2.05) is 54.6 Å². The monoisotopic (exact) mass is 501 g/mol. The van der Waals surface area contributed by atoms with Gasteiger partial charge in [-0.05, 0) is 46.9 Å². The third-order valence-electron chi connectivity index (χ3n) is 7.02. The van der Waals surface area contributed by atoms with Gasteiger partial charge >= 0.3 is 0 Å². The molecule has 0 aliphatic heterocycles. The molecule has 0 saturated carbocycles. The highest BCUT2D eigenvalue weighted by Crippen LogP contribution is 2.44. The van der Waals surface area contributed by atoms with Gasteiger partial charge in [0.25, 0.3) is 0 Å². The third-order valence-corrected chi connectivity index (χ3v) is 7.28. The minimum absolute atomic E-state index is 0.142. The van der Waals surface area contributed by atoms with Crippen molar-refractivity contribution in [2.75, 3.05) is 0 Å². The van der Waals surface area contributed by atoms with Gasteiger partial charge in [0.1, 0.15) is 0 Å². The van der Waals surface area contributed by atoms with Crippen molar-refractivity contribution < 1.29 is 9.59 Å². The maximum atomic E-state index is 14.1. The van der Waals surface area contributed by atoms with E-state index in [0.717, 1.165) is 16.8 Å². The van der Waals surface area contributed by atoms with Gasteiger partial charge in [-0.1, -0.05) is 104 Å². The van der Waals surface area contributed by atoms with Gasteiger partial charge in [0.15, 0.2) is 11.6 Å². The third kappa shape index (κ3) is 3.75. The van der Waals surface area contributed by atoms with Crippen molar-refractivity contribution in [1.29, 1.82) is 0 Å². The van der Waals surface area contributed by atoms with Crippen LogP contribution in [0.25, 0.3) is 28.2 Å². The maximum Gasteiger partial charge on any atom is 0.196 e. The minimum atomic E-state index is -0.148. The average molecular weight is 502 g/mol. The Bertz CT molecular complexity index is 1660. The lowest BCUT2D eigenvalue weighted by Gasteiger charge is -2.16. The van der Waals surface area contributed by atoms with E-state index in [2.05, 4.69) is 42.7 Å². The highest BCUT2D eigenvalue weighted by molar-refractivity contribution is 6.33. The first-order chi connectivity index (χ1) is 18.0. The van der Waals surface area contributed by atoms with E-state index >= 15 is 0 Å². The fourth-order valence-electron chi connectivity index (χ4n) is 5.18. The molecule has 0 unspecified atom stereocenters. The zero-order chi connectivity index (χ0) is 25.7. The number of carbonyl (C=O) groups excluding carboxylic acids is 2. The minimum Gasteiger partial charge on any atom is -0.308 e. The van der Waals surface area contributed by atoms with E-state index in [9.17, 15) is 9.59 Å². The molecule has 6 rings (SSSR count). The zero-order valence-corrected chi connectivity index (χ0v) is 21.3. The van der Waals surface area contributed by atoms with Crippen LogP contribution >= 0.6 is 11.6 Å². The molecular formula is C33H24ClNO2. The van der Waals surface area contributed by atoms with Crippen molar-refractivity contribution in [3.05, 3.63) is 136 Å². The predicted octanol–water partition coefficient (Wildman–Crippen LogP) is 8.36. The van der Waals surface area contributed by atoms with E-state index in [4.69, 9.17) is 11.6 Å². The highest BCUT2D eigenvalue weighted by atomic mass is 35.5. The SMILES string of the molecule is CC(C)c1ccc(-n2c(-c3ccccc3)c3c(c2-c2ccc(Cl)cc2)C(=O)c2ccccc2C3=O)cc1. The number of benzene rings is 4. The number of ketones is 2. The molecule has 0 N–H and O–H groups in total. The summed E-state index contributed by atoms with van der Waals surface area (Å²) >= 11 is 6.24. The standard InChI is InChI=1S/C33H24ClNO2/c1-20(2)21-14-18-25(19-15-21)35-30(22-8-4-3-5-9-22)28-29(31(35)23-12-16-24(34)17-13-23)33(37)27-11-7-6-10-26(27)32(28)36/h3-20H,1-2H3. The molecule has 0 spiro atoms. The summed E-state index contributed by atoms with van der Waals surface area (Å²) in [7, 11) is 0. The Morgan fingerprint density at radius 3 is 1.59 bits per heavy atom. The van der Waals surface area contributed by atoms with Gasteiger partial charge in [0.05, 0.1) is 22.5 Å². The van der Waals surface area contributed by atoms with E-state index in [1.165, 1.54) is 5.56 Å².